The summed E-state index contributed by atoms with van der Waals surface area (Å²) in [4.78, 5) is 3.47. The van der Waals surface area contributed by atoms with Crippen LogP contribution in [0.25, 0.3) is 10.9 Å². The quantitative estimate of drug-likeness (QED) is 0.689. The predicted molar refractivity (Wildman–Crippen MR) is 87.7 cm³/mol. The van der Waals surface area contributed by atoms with E-state index in [1.807, 2.05) is 0 Å². The lowest BCUT2D eigenvalue weighted by Crippen LogP contribution is -2.31. The Labute approximate surface area is 133 Å². The summed E-state index contributed by atoms with van der Waals surface area (Å²) >= 11 is 0. The summed E-state index contributed by atoms with van der Waals surface area (Å²) in [7, 11) is 0. The molecular weight excluding hydrogens is 294 g/mol. The molecule has 1 aliphatic heterocycles. The molecule has 2 aromatic carbocycles. The third-order valence-corrected chi connectivity index (χ3v) is 4.66. The number of hydrogen-bond donors (Lipinski definition) is 2. The molecule has 0 fully saturated rings. The topological polar surface area (TPSA) is 27.8 Å². The van der Waals surface area contributed by atoms with Crippen LogP contribution >= 0.6 is 0 Å². The average molecular weight is 312 g/mol. The smallest absolute Gasteiger partial charge is 0.131 e. The molecule has 0 saturated carbocycles. The zero-order valence-electron chi connectivity index (χ0n) is 13.1. The molecule has 1 aliphatic rings. The van der Waals surface area contributed by atoms with Crippen LogP contribution in [0, 0.1) is 25.5 Å². The van der Waals surface area contributed by atoms with Crippen molar-refractivity contribution in [3.8, 4) is 0 Å². The number of aryl methyl sites for hydroxylation is 2. The highest BCUT2D eigenvalue weighted by Crippen LogP contribution is 2.36. The summed E-state index contributed by atoms with van der Waals surface area (Å²) in [6.45, 7) is 4.95. The molecule has 4 heteroatoms. The van der Waals surface area contributed by atoms with Crippen LogP contribution in [-0.2, 0) is 6.42 Å². The fraction of sp³-hybridized carbons (Fsp3) is 0.263. The summed E-state index contributed by atoms with van der Waals surface area (Å²) in [5.74, 6) is -1.06. The monoisotopic (exact) mass is 312 g/mol. The molecule has 23 heavy (non-hydrogen) atoms. The van der Waals surface area contributed by atoms with Crippen LogP contribution in [0.15, 0.2) is 30.3 Å². The minimum absolute atomic E-state index is 0.272. The van der Waals surface area contributed by atoms with Gasteiger partial charge in [0.2, 0.25) is 0 Å². The van der Waals surface area contributed by atoms with E-state index < -0.39 is 11.6 Å². The van der Waals surface area contributed by atoms with Crippen LogP contribution in [0.1, 0.15) is 34.0 Å². The molecule has 1 unspecified atom stereocenters. The summed E-state index contributed by atoms with van der Waals surface area (Å²) in [6, 6.07) is 7.81. The van der Waals surface area contributed by atoms with Crippen molar-refractivity contribution in [1.82, 2.24) is 10.3 Å². The molecule has 1 aromatic heterocycles. The first-order chi connectivity index (χ1) is 11.0. The molecule has 0 radical (unpaired) electrons. The number of nitrogens with one attached hydrogen (secondary N) is 2. The van der Waals surface area contributed by atoms with Crippen molar-refractivity contribution in [2.24, 2.45) is 0 Å². The van der Waals surface area contributed by atoms with Gasteiger partial charge in [-0.1, -0.05) is 12.1 Å². The summed E-state index contributed by atoms with van der Waals surface area (Å²) < 4.78 is 27.4. The van der Waals surface area contributed by atoms with Gasteiger partial charge < -0.3 is 10.3 Å². The molecule has 0 spiro atoms. The molecule has 4 rings (SSSR count). The van der Waals surface area contributed by atoms with Crippen LogP contribution < -0.4 is 5.32 Å². The maximum Gasteiger partial charge on any atom is 0.131 e. The Balaban J connectivity index is 1.93. The number of rotatable bonds is 1. The first-order valence-electron chi connectivity index (χ1n) is 7.84. The normalized spacial score (nSPS) is 17.5. The first kappa shape index (κ1) is 14.4. The fourth-order valence-corrected chi connectivity index (χ4v) is 3.77. The highest BCUT2D eigenvalue weighted by Gasteiger charge is 2.27. The van der Waals surface area contributed by atoms with Gasteiger partial charge in [0.05, 0.1) is 6.04 Å². The molecule has 1 atom stereocenters. The Bertz CT molecular complexity index is 911. The third kappa shape index (κ3) is 2.25. The van der Waals surface area contributed by atoms with Gasteiger partial charge in [-0.2, -0.15) is 0 Å². The standard InChI is InChI=1S/C19H18F2N2/c1-10-7-11(2)17-14-5-6-22-18(19(14)23-16(17)8-10)13-4-3-12(20)9-15(13)21/h3-4,7-9,18,22-23H,5-6H2,1-2H3. The lowest BCUT2D eigenvalue weighted by Gasteiger charge is -2.25. The zero-order valence-corrected chi connectivity index (χ0v) is 13.1. The van der Waals surface area contributed by atoms with Crippen LogP contribution in [0.5, 0.6) is 0 Å². The molecule has 2 heterocycles. The van der Waals surface area contributed by atoms with Crippen LogP contribution in [-0.4, -0.2) is 11.5 Å². The second-order valence-electron chi connectivity index (χ2n) is 6.32. The van der Waals surface area contributed by atoms with Gasteiger partial charge in [-0.3, -0.25) is 0 Å². The van der Waals surface area contributed by atoms with E-state index in [2.05, 4.69) is 36.3 Å². The Morgan fingerprint density at radius 3 is 2.70 bits per heavy atom. The second-order valence-corrected chi connectivity index (χ2v) is 6.32. The van der Waals surface area contributed by atoms with E-state index in [-0.39, 0.29) is 6.04 Å². The van der Waals surface area contributed by atoms with E-state index in [0.29, 0.717) is 5.56 Å². The maximum atomic E-state index is 14.2. The summed E-state index contributed by atoms with van der Waals surface area (Å²) in [5.41, 5.74) is 6.23. The van der Waals surface area contributed by atoms with Gasteiger partial charge >= 0.3 is 0 Å². The molecule has 2 nitrogen and oxygen atoms in total. The molecular formula is C19H18F2N2. The van der Waals surface area contributed by atoms with Gasteiger partial charge in [0.25, 0.3) is 0 Å². The van der Waals surface area contributed by atoms with Crippen LogP contribution in [0.4, 0.5) is 8.78 Å². The van der Waals surface area contributed by atoms with E-state index in [0.717, 1.165) is 30.2 Å². The van der Waals surface area contributed by atoms with Crippen LogP contribution in [0.3, 0.4) is 0 Å². The van der Waals surface area contributed by atoms with Gasteiger partial charge in [0, 0.05) is 34.8 Å². The largest absolute Gasteiger partial charge is 0.357 e. The first-order valence-corrected chi connectivity index (χ1v) is 7.84. The minimum Gasteiger partial charge on any atom is -0.357 e. The number of hydrogen-bond acceptors (Lipinski definition) is 1. The number of fused-ring (bicyclic) bond motifs is 3. The molecule has 0 amide bonds. The lowest BCUT2D eigenvalue weighted by atomic mass is 9.92. The van der Waals surface area contributed by atoms with E-state index in [4.69, 9.17) is 0 Å². The Hall–Kier alpha value is -2.20. The molecule has 118 valence electrons. The van der Waals surface area contributed by atoms with Gasteiger partial charge in [0.15, 0.2) is 0 Å². The number of H-pyrrole nitrogens is 1. The van der Waals surface area contributed by atoms with Gasteiger partial charge in [-0.05, 0) is 49.1 Å². The van der Waals surface area contributed by atoms with E-state index in [1.165, 1.54) is 34.2 Å². The molecule has 0 bridgehead atoms. The maximum absolute atomic E-state index is 14.2. The molecule has 2 N–H and O–H groups in total. The average Bonchev–Trinajstić information content (AvgIpc) is 2.85. The highest BCUT2D eigenvalue weighted by atomic mass is 19.1. The SMILES string of the molecule is Cc1cc(C)c2c3c([nH]c2c1)C(c1ccc(F)cc1F)NCC3. The van der Waals surface area contributed by atoms with Crippen molar-refractivity contribution in [2.75, 3.05) is 6.54 Å². The van der Waals surface area contributed by atoms with Gasteiger partial charge in [0.1, 0.15) is 11.6 Å². The number of aromatic nitrogens is 1. The number of benzene rings is 2. The molecule has 0 aliphatic carbocycles. The van der Waals surface area contributed by atoms with Crippen molar-refractivity contribution >= 4 is 10.9 Å². The van der Waals surface area contributed by atoms with Crippen molar-refractivity contribution < 1.29 is 8.78 Å². The van der Waals surface area contributed by atoms with Crippen molar-refractivity contribution in [3.05, 3.63) is 69.9 Å². The third-order valence-electron chi connectivity index (χ3n) is 4.66. The van der Waals surface area contributed by atoms with Crippen molar-refractivity contribution in [2.45, 2.75) is 26.3 Å². The minimum atomic E-state index is -0.551. The van der Waals surface area contributed by atoms with E-state index in [1.54, 1.807) is 0 Å². The van der Waals surface area contributed by atoms with Gasteiger partial charge in [-0.25, -0.2) is 8.78 Å². The Morgan fingerprint density at radius 2 is 1.91 bits per heavy atom. The van der Waals surface area contributed by atoms with Crippen molar-refractivity contribution in [1.29, 1.82) is 0 Å². The van der Waals surface area contributed by atoms with Crippen LogP contribution in [0.2, 0.25) is 0 Å². The zero-order chi connectivity index (χ0) is 16.1. The second kappa shape index (κ2) is 5.17. The fourth-order valence-electron chi connectivity index (χ4n) is 3.77. The van der Waals surface area contributed by atoms with Crippen molar-refractivity contribution in [3.63, 3.8) is 0 Å². The summed E-state index contributed by atoms with van der Waals surface area (Å²) in [6.07, 6.45) is 0.901. The summed E-state index contributed by atoms with van der Waals surface area (Å²) in [5, 5.41) is 4.59. The Morgan fingerprint density at radius 1 is 1.09 bits per heavy atom. The predicted octanol–water partition coefficient (Wildman–Crippen LogP) is 4.30. The number of halogens is 2. The lowest BCUT2D eigenvalue weighted by molar-refractivity contribution is 0.514. The highest BCUT2D eigenvalue weighted by molar-refractivity contribution is 5.89. The molecule has 0 saturated heterocycles. The van der Waals surface area contributed by atoms with E-state index in [9.17, 15) is 8.78 Å². The number of aromatic amines is 1. The van der Waals surface area contributed by atoms with E-state index >= 15 is 0 Å². The molecule has 3 aromatic rings. The van der Waals surface area contributed by atoms with Gasteiger partial charge in [-0.15, -0.1) is 0 Å². The Kier molecular flexibility index (Phi) is 3.23.